The molecule has 0 atom stereocenters. The molecule has 27 heavy (non-hydrogen) atoms. The first-order valence-electron chi connectivity index (χ1n) is 9.15. The number of carbonyl (C=O) groups is 2. The van der Waals surface area contributed by atoms with Gasteiger partial charge in [0.05, 0.1) is 6.61 Å². The van der Waals surface area contributed by atoms with Crippen LogP contribution >= 0.6 is 0 Å². The molecule has 142 valence electrons. The number of ether oxygens (including phenoxy) is 2. The zero-order valence-corrected chi connectivity index (χ0v) is 15.5. The van der Waals surface area contributed by atoms with Crippen LogP contribution in [0.2, 0.25) is 0 Å². The summed E-state index contributed by atoms with van der Waals surface area (Å²) < 4.78 is 11.2. The molecule has 1 fully saturated rings. The Morgan fingerprint density at radius 2 is 1.37 bits per heavy atom. The molecule has 0 radical (unpaired) electrons. The number of carbonyl (C=O) groups excluding carboxylic acids is 2. The van der Waals surface area contributed by atoms with Crippen molar-refractivity contribution in [2.45, 2.75) is 6.92 Å². The molecule has 1 heterocycles. The molecule has 3 rings (SSSR count). The number of piperazine rings is 1. The molecule has 1 aliphatic rings. The molecule has 0 aromatic heterocycles. The Morgan fingerprint density at radius 3 is 2.00 bits per heavy atom. The van der Waals surface area contributed by atoms with Gasteiger partial charge in [0.25, 0.3) is 11.8 Å². The Labute approximate surface area is 159 Å². The molecule has 2 aromatic carbocycles. The van der Waals surface area contributed by atoms with Crippen molar-refractivity contribution in [1.29, 1.82) is 0 Å². The minimum Gasteiger partial charge on any atom is -0.490 e. The van der Waals surface area contributed by atoms with Crippen molar-refractivity contribution in [3.8, 4) is 11.5 Å². The van der Waals surface area contributed by atoms with Gasteiger partial charge in [-0.3, -0.25) is 9.59 Å². The van der Waals surface area contributed by atoms with Crippen LogP contribution in [0.4, 0.5) is 0 Å². The van der Waals surface area contributed by atoms with Gasteiger partial charge in [0, 0.05) is 31.7 Å². The van der Waals surface area contributed by atoms with E-state index < -0.39 is 0 Å². The van der Waals surface area contributed by atoms with Crippen LogP contribution in [0.3, 0.4) is 0 Å². The fraction of sp³-hybridized carbons (Fsp3) is 0.333. The number of nitrogens with zero attached hydrogens (tertiary/aromatic N) is 2. The van der Waals surface area contributed by atoms with Gasteiger partial charge in [-0.1, -0.05) is 30.3 Å². The largest absolute Gasteiger partial charge is 0.490 e. The maximum atomic E-state index is 12.5. The number of rotatable bonds is 6. The lowest BCUT2D eigenvalue weighted by Crippen LogP contribution is -2.51. The zero-order chi connectivity index (χ0) is 19.1. The van der Waals surface area contributed by atoms with E-state index in [0.29, 0.717) is 49.8 Å². The molecular weight excluding hydrogens is 344 g/mol. The molecule has 1 saturated heterocycles. The van der Waals surface area contributed by atoms with E-state index in [1.54, 1.807) is 15.9 Å². The number of amides is 2. The molecule has 2 amide bonds. The summed E-state index contributed by atoms with van der Waals surface area (Å²) in [5.74, 6) is 1.11. The van der Waals surface area contributed by atoms with E-state index in [0.717, 1.165) is 0 Å². The van der Waals surface area contributed by atoms with Crippen LogP contribution in [0, 0.1) is 0 Å². The summed E-state index contributed by atoms with van der Waals surface area (Å²) in [5.41, 5.74) is 0.674. The molecule has 1 aliphatic heterocycles. The highest BCUT2D eigenvalue weighted by molar-refractivity contribution is 5.94. The first kappa shape index (κ1) is 18.8. The predicted molar refractivity (Wildman–Crippen MR) is 102 cm³/mol. The van der Waals surface area contributed by atoms with Crippen molar-refractivity contribution < 1.29 is 19.1 Å². The Kier molecular flexibility index (Phi) is 6.30. The monoisotopic (exact) mass is 368 g/mol. The minimum atomic E-state index is -0.0897. The fourth-order valence-electron chi connectivity index (χ4n) is 3.00. The van der Waals surface area contributed by atoms with Gasteiger partial charge < -0.3 is 19.3 Å². The molecule has 6 heteroatoms. The summed E-state index contributed by atoms with van der Waals surface area (Å²) in [6, 6.07) is 16.5. The summed E-state index contributed by atoms with van der Waals surface area (Å²) >= 11 is 0. The highest BCUT2D eigenvalue weighted by Gasteiger charge is 2.25. The van der Waals surface area contributed by atoms with Crippen molar-refractivity contribution >= 4 is 11.8 Å². The zero-order valence-electron chi connectivity index (χ0n) is 15.5. The topological polar surface area (TPSA) is 59.1 Å². The number of benzene rings is 2. The third-order valence-corrected chi connectivity index (χ3v) is 4.44. The molecule has 2 aromatic rings. The number of hydrogen-bond donors (Lipinski definition) is 0. The lowest BCUT2D eigenvalue weighted by Gasteiger charge is -2.34. The van der Waals surface area contributed by atoms with Gasteiger partial charge in [0.15, 0.2) is 18.1 Å². The van der Waals surface area contributed by atoms with Crippen molar-refractivity contribution in [2.24, 2.45) is 0 Å². The third-order valence-electron chi connectivity index (χ3n) is 4.44. The summed E-state index contributed by atoms with van der Waals surface area (Å²) in [4.78, 5) is 28.4. The van der Waals surface area contributed by atoms with Gasteiger partial charge >= 0.3 is 0 Å². The second-order valence-corrected chi connectivity index (χ2v) is 6.21. The summed E-state index contributed by atoms with van der Waals surface area (Å²) in [5, 5.41) is 0. The lowest BCUT2D eigenvalue weighted by molar-refractivity contribution is -0.134. The quantitative estimate of drug-likeness (QED) is 0.786. The van der Waals surface area contributed by atoms with Crippen LogP contribution in [-0.2, 0) is 4.79 Å². The summed E-state index contributed by atoms with van der Waals surface area (Å²) in [6.45, 7) is 4.45. The standard InChI is InChI=1S/C21H24N2O4/c1-2-26-18-10-6-7-11-19(18)27-16-20(24)22-12-14-23(15-13-22)21(25)17-8-4-3-5-9-17/h3-11H,2,12-16H2,1H3. The molecular formula is C21H24N2O4. The van der Waals surface area contributed by atoms with Crippen molar-refractivity contribution in [2.75, 3.05) is 39.4 Å². The van der Waals surface area contributed by atoms with Gasteiger partial charge in [-0.05, 0) is 31.2 Å². The fourth-order valence-corrected chi connectivity index (χ4v) is 3.00. The van der Waals surface area contributed by atoms with Gasteiger partial charge in [-0.2, -0.15) is 0 Å². The van der Waals surface area contributed by atoms with Gasteiger partial charge in [0.2, 0.25) is 0 Å². The highest BCUT2D eigenvalue weighted by Crippen LogP contribution is 2.26. The van der Waals surface area contributed by atoms with E-state index >= 15 is 0 Å². The van der Waals surface area contributed by atoms with E-state index in [9.17, 15) is 9.59 Å². The Balaban J connectivity index is 1.50. The molecule has 0 saturated carbocycles. The van der Waals surface area contributed by atoms with Gasteiger partial charge in [-0.25, -0.2) is 0 Å². The van der Waals surface area contributed by atoms with E-state index in [1.165, 1.54) is 0 Å². The maximum absolute atomic E-state index is 12.5. The normalized spacial score (nSPS) is 14.0. The average molecular weight is 368 g/mol. The lowest BCUT2D eigenvalue weighted by atomic mass is 10.2. The molecule has 0 unspecified atom stereocenters. The van der Waals surface area contributed by atoms with Crippen molar-refractivity contribution in [1.82, 2.24) is 9.80 Å². The highest BCUT2D eigenvalue weighted by atomic mass is 16.5. The third kappa shape index (κ3) is 4.78. The summed E-state index contributed by atoms with van der Waals surface area (Å²) in [7, 11) is 0. The molecule has 0 bridgehead atoms. The first-order chi connectivity index (χ1) is 13.2. The second-order valence-electron chi connectivity index (χ2n) is 6.21. The predicted octanol–water partition coefficient (Wildman–Crippen LogP) is 2.45. The first-order valence-corrected chi connectivity index (χ1v) is 9.15. The Bertz CT molecular complexity index is 771. The second kappa shape index (κ2) is 9.07. The van der Waals surface area contributed by atoms with Crippen LogP contribution in [0.25, 0.3) is 0 Å². The Morgan fingerprint density at radius 1 is 0.815 bits per heavy atom. The number of para-hydroxylation sites is 2. The van der Waals surface area contributed by atoms with Crippen LogP contribution < -0.4 is 9.47 Å². The van der Waals surface area contributed by atoms with Crippen molar-refractivity contribution in [3.63, 3.8) is 0 Å². The van der Waals surface area contributed by atoms with E-state index in [4.69, 9.17) is 9.47 Å². The van der Waals surface area contributed by atoms with Crippen LogP contribution in [0.5, 0.6) is 11.5 Å². The average Bonchev–Trinajstić information content (AvgIpc) is 2.73. The minimum absolute atomic E-state index is 0.00425. The van der Waals surface area contributed by atoms with E-state index in [2.05, 4.69) is 0 Å². The van der Waals surface area contributed by atoms with E-state index in [-0.39, 0.29) is 18.4 Å². The SMILES string of the molecule is CCOc1ccccc1OCC(=O)N1CCN(C(=O)c2ccccc2)CC1. The van der Waals surface area contributed by atoms with Crippen LogP contribution in [0.15, 0.2) is 54.6 Å². The van der Waals surface area contributed by atoms with Crippen LogP contribution in [-0.4, -0.2) is 61.0 Å². The maximum Gasteiger partial charge on any atom is 0.260 e. The molecule has 6 nitrogen and oxygen atoms in total. The molecule has 0 aliphatic carbocycles. The van der Waals surface area contributed by atoms with Crippen LogP contribution in [0.1, 0.15) is 17.3 Å². The van der Waals surface area contributed by atoms with Crippen molar-refractivity contribution in [3.05, 3.63) is 60.2 Å². The molecule has 0 N–H and O–H groups in total. The smallest absolute Gasteiger partial charge is 0.260 e. The number of hydrogen-bond acceptors (Lipinski definition) is 4. The van der Waals surface area contributed by atoms with E-state index in [1.807, 2.05) is 55.5 Å². The summed E-state index contributed by atoms with van der Waals surface area (Å²) in [6.07, 6.45) is 0. The molecule has 0 spiro atoms. The Hall–Kier alpha value is -3.02. The van der Waals surface area contributed by atoms with Gasteiger partial charge in [0.1, 0.15) is 0 Å². The van der Waals surface area contributed by atoms with Gasteiger partial charge in [-0.15, -0.1) is 0 Å².